The molecule has 0 radical (unpaired) electrons. The highest BCUT2D eigenvalue weighted by Gasteiger charge is 2.35. The molecule has 0 saturated heterocycles. The second kappa shape index (κ2) is 8.90. The van der Waals surface area contributed by atoms with Crippen LogP contribution < -0.4 is 20.1 Å². The van der Waals surface area contributed by atoms with Crippen LogP contribution in [-0.2, 0) is 20.9 Å². The molecule has 10 nitrogen and oxygen atoms in total. The van der Waals surface area contributed by atoms with Crippen molar-refractivity contribution >= 4 is 29.7 Å². The van der Waals surface area contributed by atoms with E-state index in [9.17, 15) is 14.4 Å². The standard InChI is InChI=1S/C23H21N3O7S/c1-3-30-22(28)18-14(9-34-20-17-13(6-11(2)24-20)8-31-21(17)27)25-23(29)26-19(18)12-4-5-15-16(7-12)33-10-32-15/h4-7,19H,3,8-10H2,1-2H3,(H2,25,26,29)/t19-/m0/s1. The van der Waals surface area contributed by atoms with Crippen LogP contribution in [0.2, 0.25) is 0 Å². The van der Waals surface area contributed by atoms with Gasteiger partial charge < -0.3 is 29.6 Å². The van der Waals surface area contributed by atoms with Crippen molar-refractivity contribution in [3.63, 3.8) is 0 Å². The van der Waals surface area contributed by atoms with E-state index in [-0.39, 0.29) is 31.3 Å². The van der Waals surface area contributed by atoms with Crippen LogP contribution >= 0.6 is 11.8 Å². The summed E-state index contributed by atoms with van der Waals surface area (Å²) in [6.45, 7) is 4.02. The third-order valence-electron chi connectivity index (χ3n) is 5.49. The number of cyclic esters (lactones) is 1. The lowest BCUT2D eigenvalue weighted by Gasteiger charge is -2.29. The number of carbonyl (C=O) groups is 3. The van der Waals surface area contributed by atoms with Gasteiger partial charge in [0.1, 0.15) is 11.6 Å². The molecule has 176 valence electrons. The molecule has 4 heterocycles. The van der Waals surface area contributed by atoms with Gasteiger partial charge in [-0.05, 0) is 37.6 Å². The highest BCUT2D eigenvalue weighted by molar-refractivity contribution is 7.99. The Morgan fingerprint density at radius 3 is 2.85 bits per heavy atom. The summed E-state index contributed by atoms with van der Waals surface area (Å²) >= 11 is 1.24. The van der Waals surface area contributed by atoms with E-state index < -0.39 is 24.0 Å². The molecule has 5 rings (SSSR count). The van der Waals surface area contributed by atoms with Crippen molar-refractivity contribution in [1.29, 1.82) is 0 Å². The van der Waals surface area contributed by atoms with Gasteiger partial charge in [0.05, 0.1) is 23.8 Å². The van der Waals surface area contributed by atoms with Crippen LogP contribution in [0.15, 0.2) is 40.6 Å². The van der Waals surface area contributed by atoms with Crippen LogP contribution in [0.3, 0.4) is 0 Å². The fourth-order valence-corrected chi connectivity index (χ4v) is 5.10. The molecule has 34 heavy (non-hydrogen) atoms. The number of aromatic nitrogens is 1. The number of aryl methyl sites for hydroxylation is 1. The molecule has 2 N–H and O–H groups in total. The van der Waals surface area contributed by atoms with Crippen molar-refractivity contribution in [3.8, 4) is 11.5 Å². The summed E-state index contributed by atoms with van der Waals surface area (Å²) in [5.41, 5.74) is 3.21. The van der Waals surface area contributed by atoms with Crippen LogP contribution in [-0.4, -0.2) is 42.1 Å². The van der Waals surface area contributed by atoms with Crippen molar-refractivity contribution in [2.75, 3.05) is 19.2 Å². The summed E-state index contributed by atoms with van der Waals surface area (Å²) in [4.78, 5) is 42.3. The number of hydrogen-bond acceptors (Lipinski definition) is 9. The molecule has 0 spiro atoms. The molecule has 0 bridgehead atoms. The fraction of sp³-hybridized carbons (Fsp3) is 0.304. The van der Waals surface area contributed by atoms with Crippen LogP contribution in [0, 0.1) is 6.92 Å². The predicted octanol–water partition coefficient (Wildman–Crippen LogP) is 2.75. The van der Waals surface area contributed by atoms with Gasteiger partial charge in [0.25, 0.3) is 0 Å². The Kier molecular flexibility index (Phi) is 5.78. The number of urea groups is 1. The third kappa shape index (κ3) is 4.03. The first-order valence-corrected chi connectivity index (χ1v) is 11.6. The zero-order chi connectivity index (χ0) is 23.8. The highest BCUT2D eigenvalue weighted by Crippen LogP contribution is 2.38. The number of pyridine rings is 1. The van der Waals surface area contributed by atoms with E-state index in [1.54, 1.807) is 25.1 Å². The molecule has 3 aliphatic heterocycles. The van der Waals surface area contributed by atoms with Crippen LogP contribution in [0.25, 0.3) is 0 Å². The smallest absolute Gasteiger partial charge is 0.341 e. The van der Waals surface area contributed by atoms with Crippen molar-refractivity contribution in [3.05, 3.63) is 57.9 Å². The lowest BCUT2D eigenvalue weighted by molar-refractivity contribution is -0.139. The molecule has 0 aliphatic carbocycles. The number of rotatable bonds is 6. The molecule has 3 aliphatic rings. The molecule has 0 unspecified atom stereocenters. The number of thioether (sulfide) groups is 1. The predicted molar refractivity (Wildman–Crippen MR) is 119 cm³/mol. The van der Waals surface area contributed by atoms with Gasteiger partial charge in [0.2, 0.25) is 6.79 Å². The number of benzene rings is 1. The number of esters is 2. The zero-order valence-electron chi connectivity index (χ0n) is 18.4. The Labute approximate surface area is 199 Å². The van der Waals surface area contributed by atoms with E-state index in [1.165, 1.54) is 11.8 Å². The summed E-state index contributed by atoms with van der Waals surface area (Å²) in [6, 6.07) is 5.81. The number of nitrogens with zero attached hydrogens (tertiary/aromatic N) is 1. The van der Waals surface area contributed by atoms with Gasteiger partial charge in [0.15, 0.2) is 11.5 Å². The van der Waals surface area contributed by atoms with Crippen molar-refractivity contribution in [2.45, 2.75) is 31.5 Å². The second-order valence-corrected chi connectivity index (χ2v) is 8.69. The Morgan fingerprint density at radius 2 is 2.03 bits per heavy atom. The molecule has 0 fully saturated rings. The molecular weight excluding hydrogens is 462 g/mol. The first-order chi connectivity index (χ1) is 16.4. The largest absolute Gasteiger partial charge is 0.463 e. The zero-order valence-corrected chi connectivity index (χ0v) is 19.2. The summed E-state index contributed by atoms with van der Waals surface area (Å²) in [6.07, 6.45) is 0. The number of hydrogen-bond donors (Lipinski definition) is 2. The maximum absolute atomic E-state index is 13.0. The minimum absolute atomic E-state index is 0.107. The van der Waals surface area contributed by atoms with Gasteiger partial charge in [0, 0.05) is 22.7 Å². The lowest BCUT2D eigenvalue weighted by Crippen LogP contribution is -2.46. The first-order valence-electron chi connectivity index (χ1n) is 10.6. The fourth-order valence-electron chi connectivity index (χ4n) is 4.03. The molecule has 0 saturated carbocycles. The van der Waals surface area contributed by atoms with Crippen LogP contribution in [0.1, 0.15) is 40.1 Å². The molecule has 11 heteroatoms. The monoisotopic (exact) mass is 483 g/mol. The highest BCUT2D eigenvalue weighted by atomic mass is 32.2. The normalized spacial score (nSPS) is 18.2. The van der Waals surface area contributed by atoms with Gasteiger partial charge in [-0.2, -0.15) is 0 Å². The van der Waals surface area contributed by atoms with E-state index >= 15 is 0 Å². The Bertz CT molecular complexity index is 1240. The SMILES string of the molecule is CCOC(=O)C1=C(CSc2nc(C)cc3c2C(=O)OC3)NC(=O)N[C@H]1c1ccc2c(c1)OCO2. The first kappa shape index (κ1) is 22.1. The number of nitrogens with one attached hydrogen (secondary N) is 2. The molecule has 1 aromatic heterocycles. The van der Waals surface area contributed by atoms with Crippen LogP contribution in [0.4, 0.5) is 4.79 Å². The van der Waals surface area contributed by atoms with Gasteiger partial charge in [-0.1, -0.05) is 17.8 Å². The average molecular weight is 484 g/mol. The summed E-state index contributed by atoms with van der Waals surface area (Å²) in [5.74, 6) is 0.307. The molecule has 2 aromatic rings. The van der Waals surface area contributed by atoms with Crippen molar-refractivity contribution in [2.24, 2.45) is 0 Å². The molecular formula is C23H21N3O7S. The molecule has 1 atom stereocenters. The molecule has 2 amide bonds. The van der Waals surface area contributed by atoms with Gasteiger partial charge in [-0.3, -0.25) is 0 Å². The van der Waals surface area contributed by atoms with E-state index in [0.29, 0.717) is 33.3 Å². The Balaban J connectivity index is 1.52. The Morgan fingerprint density at radius 1 is 1.21 bits per heavy atom. The lowest BCUT2D eigenvalue weighted by atomic mass is 9.95. The number of fused-ring (bicyclic) bond motifs is 2. The maximum Gasteiger partial charge on any atom is 0.341 e. The Hall–Kier alpha value is -3.73. The summed E-state index contributed by atoms with van der Waals surface area (Å²) < 4.78 is 21.3. The number of ether oxygens (including phenoxy) is 4. The quantitative estimate of drug-likeness (QED) is 0.471. The molecule has 1 aromatic carbocycles. The van der Waals surface area contributed by atoms with Crippen molar-refractivity contribution in [1.82, 2.24) is 15.6 Å². The van der Waals surface area contributed by atoms with Crippen LogP contribution in [0.5, 0.6) is 11.5 Å². The van der Waals surface area contributed by atoms with Gasteiger partial charge in [-0.25, -0.2) is 19.4 Å². The number of amides is 2. The topological polar surface area (TPSA) is 125 Å². The van der Waals surface area contributed by atoms with E-state index in [4.69, 9.17) is 18.9 Å². The second-order valence-electron chi connectivity index (χ2n) is 7.72. The van der Waals surface area contributed by atoms with E-state index in [1.807, 2.05) is 13.0 Å². The number of carbonyl (C=O) groups excluding carboxylic acids is 3. The minimum atomic E-state index is -0.765. The van der Waals surface area contributed by atoms with E-state index in [2.05, 4.69) is 15.6 Å². The van der Waals surface area contributed by atoms with Gasteiger partial charge in [-0.15, -0.1) is 0 Å². The van der Waals surface area contributed by atoms with Gasteiger partial charge >= 0.3 is 18.0 Å². The average Bonchev–Trinajstić information content (AvgIpc) is 3.43. The minimum Gasteiger partial charge on any atom is -0.463 e. The third-order valence-corrected chi connectivity index (χ3v) is 6.49. The summed E-state index contributed by atoms with van der Waals surface area (Å²) in [5, 5.41) is 6.01. The maximum atomic E-state index is 13.0. The summed E-state index contributed by atoms with van der Waals surface area (Å²) in [7, 11) is 0. The van der Waals surface area contributed by atoms with Crippen molar-refractivity contribution < 1.29 is 33.3 Å². The van der Waals surface area contributed by atoms with E-state index in [0.717, 1.165) is 11.3 Å².